The van der Waals surface area contributed by atoms with E-state index in [0.717, 1.165) is 29.5 Å². The number of carbonyl (C=O) groups excluding carboxylic acids is 1. The van der Waals surface area contributed by atoms with Gasteiger partial charge in [-0.15, -0.1) is 0 Å². The smallest absolute Gasteiger partial charge is 0.311 e. The first kappa shape index (κ1) is 22.1. The average Bonchev–Trinajstić information content (AvgIpc) is 3.34. The van der Waals surface area contributed by atoms with Gasteiger partial charge in [0.15, 0.2) is 5.78 Å². The van der Waals surface area contributed by atoms with Gasteiger partial charge in [-0.1, -0.05) is 72.8 Å². The van der Waals surface area contributed by atoms with E-state index in [-0.39, 0.29) is 24.0 Å². The number of nitrogens with one attached hydrogen (secondary N) is 1. The molecule has 0 radical (unpaired) electrons. The van der Waals surface area contributed by atoms with Crippen LogP contribution in [0.4, 0.5) is 0 Å². The molecule has 0 spiro atoms. The van der Waals surface area contributed by atoms with Gasteiger partial charge in [0.05, 0.1) is 18.6 Å². The predicted molar refractivity (Wildman–Crippen MR) is 133 cm³/mol. The van der Waals surface area contributed by atoms with Gasteiger partial charge in [0.2, 0.25) is 0 Å². The number of hydrogen-bond donors (Lipinski definition) is 2. The van der Waals surface area contributed by atoms with E-state index in [1.807, 2.05) is 54.6 Å². The Kier molecular flexibility index (Phi) is 5.08. The van der Waals surface area contributed by atoms with Crippen LogP contribution in [0.3, 0.4) is 0 Å². The summed E-state index contributed by atoms with van der Waals surface area (Å²) in [7, 11) is 1.61. The first-order chi connectivity index (χ1) is 17.0. The van der Waals surface area contributed by atoms with E-state index in [0.29, 0.717) is 12.3 Å². The van der Waals surface area contributed by atoms with E-state index in [1.54, 1.807) is 7.11 Å². The molecule has 1 saturated carbocycles. The molecule has 0 amide bonds. The summed E-state index contributed by atoms with van der Waals surface area (Å²) >= 11 is 0. The van der Waals surface area contributed by atoms with Crippen molar-refractivity contribution in [3.05, 3.63) is 101 Å². The maximum Gasteiger partial charge on any atom is 0.311 e. The zero-order valence-electron chi connectivity index (χ0n) is 19.7. The number of benzene rings is 3. The van der Waals surface area contributed by atoms with Gasteiger partial charge in [0, 0.05) is 35.8 Å². The molecule has 35 heavy (non-hydrogen) atoms. The Morgan fingerprint density at radius 3 is 2.49 bits per heavy atom. The number of methoxy groups -OCH3 is 1. The quantitative estimate of drug-likeness (QED) is 0.564. The maximum atomic E-state index is 14.0. The monoisotopic (exact) mass is 467 g/mol. The molecule has 5 heteroatoms. The van der Waals surface area contributed by atoms with Crippen LogP contribution < -0.4 is 10.1 Å². The SMILES string of the molecule is COc1ccccc1CC(=O)C1NC[C@]2(C(=O)O)[C@@H]3CC[C@@](c4ccccc4)(c4ccccc43)[C@H]12. The molecular weight excluding hydrogens is 438 g/mol. The lowest BCUT2D eigenvalue weighted by Gasteiger charge is -2.60. The largest absolute Gasteiger partial charge is 0.496 e. The van der Waals surface area contributed by atoms with Crippen LogP contribution in [0.15, 0.2) is 78.9 Å². The molecule has 2 fully saturated rings. The minimum absolute atomic E-state index is 0.0166. The predicted octanol–water partition coefficient (Wildman–Crippen LogP) is 4.34. The molecule has 2 N–H and O–H groups in total. The van der Waals surface area contributed by atoms with Crippen molar-refractivity contribution in [2.24, 2.45) is 11.3 Å². The Morgan fingerprint density at radius 2 is 1.71 bits per heavy atom. The van der Waals surface area contributed by atoms with Gasteiger partial charge in [0.25, 0.3) is 0 Å². The maximum absolute atomic E-state index is 14.0. The third-order valence-corrected chi connectivity index (χ3v) is 8.89. The number of para-hydroxylation sites is 1. The van der Waals surface area contributed by atoms with Gasteiger partial charge in [-0.3, -0.25) is 9.59 Å². The summed E-state index contributed by atoms with van der Waals surface area (Å²) in [5.74, 6) is -0.615. The average molecular weight is 468 g/mol. The number of carboxylic acid groups (broad SMARTS) is 1. The summed E-state index contributed by atoms with van der Waals surface area (Å²) in [6, 6.07) is 25.5. The summed E-state index contributed by atoms with van der Waals surface area (Å²) < 4.78 is 5.49. The fourth-order valence-corrected chi connectivity index (χ4v) is 7.61. The molecule has 1 saturated heterocycles. The fraction of sp³-hybridized carbons (Fsp3) is 0.333. The highest BCUT2D eigenvalue weighted by Crippen LogP contribution is 2.69. The lowest BCUT2D eigenvalue weighted by atomic mass is 9.41. The second-order valence-corrected chi connectivity index (χ2v) is 10.2. The van der Waals surface area contributed by atoms with E-state index in [9.17, 15) is 14.7 Å². The number of hydrogen-bond acceptors (Lipinski definition) is 4. The van der Waals surface area contributed by atoms with Crippen molar-refractivity contribution < 1.29 is 19.4 Å². The molecule has 0 aromatic heterocycles. The summed E-state index contributed by atoms with van der Waals surface area (Å²) in [4.78, 5) is 27.1. The van der Waals surface area contributed by atoms with Gasteiger partial charge in [0.1, 0.15) is 5.75 Å². The van der Waals surface area contributed by atoms with E-state index >= 15 is 0 Å². The van der Waals surface area contributed by atoms with Crippen molar-refractivity contribution in [2.75, 3.05) is 13.7 Å². The number of ketones is 1. The number of carboxylic acids is 1. The van der Waals surface area contributed by atoms with Gasteiger partial charge >= 0.3 is 5.97 Å². The highest BCUT2D eigenvalue weighted by molar-refractivity contribution is 5.91. The van der Waals surface area contributed by atoms with Crippen LogP contribution in [0.1, 0.15) is 41.0 Å². The molecule has 3 aliphatic carbocycles. The van der Waals surface area contributed by atoms with Crippen LogP contribution in [-0.2, 0) is 21.4 Å². The van der Waals surface area contributed by atoms with Gasteiger partial charge in [-0.2, -0.15) is 0 Å². The highest BCUT2D eigenvalue weighted by Gasteiger charge is 2.72. The second-order valence-electron chi connectivity index (χ2n) is 10.2. The van der Waals surface area contributed by atoms with Crippen LogP contribution in [-0.4, -0.2) is 36.6 Å². The fourth-order valence-electron chi connectivity index (χ4n) is 7.61. The molecule has 1 aliphatic heterocycles. The normalized spacial score (nSPS) is 30.4. The van der Waals surface area contributed by atoms with E-state index < -0.39 is 22.8 Å². The van der Waals surface area contributed by atoms with Crippen molar-refractivity contribution in [2.45, 2.75) is 36.6 Å². The number of ether oxygens (including phenoxy) is 1. The van der Waals surface area contributed by atoms with E-state index in [2.05, 4.69) is 29.6 Å². The Balaban J connectivity index is 1.54. The lowest BCUT2D eigenvalue weighted by molar-refractivity contribution is -0.158. The van der Waals surface area contributed by atoms with E-state index in [4.69, 9.17) is 4.74 Å². The highest BCUT2D eigenvalue weighted by atomic mass is 16.5. The summed E-state index contributed by atoms with van der Waals surface area (Å²) in [5.41, 5.74) is 2.65. The van der Waals surface area contributed by atoms with Crippen LogP contribution in [0.2, 0.25) is 0 Å². The third kappa shape index (κ3) is 2.91. The van der Waals surface area contributed by atoms with Gasteiger partial charge in [-0.05, 0) is 35.6 Å². The number of fused-ring (bicyclic) bond motifs is 1. The number of carbonyl (C=O) groups is 2. The molecule has 3 aromatic rings. The molecule has 5 nitrogen and oxygen atoms in total. The number of rotatable bonds is 6. The Bertz CT molecular complexity index is 1300. The van der Waals surface area contributed by atoms with Crippen LogP contribution in [0.5, 0.6) is 5.75 Å². The number of aliphatic carboxylic acids is 1. The summed E-state index contributed by atoms with van der Waals surface area (Å²) in [6.45, 7) is 0.295. The first-order valence-corrected chi connectivity index (χ1v) is 12.3. The molecule has 5 atom stereocenters. The summed E-state index contributed by atoms with van der Waals surface area (Å²) in [6.07, 6.45) is 1.83. The minimum atomic E-state index is -1.04. The molecule has 3 aromatic carbocycles. The van der Waals surface area contributed by atoms with Crippen molar-refractivity contribution in [3.8, 4) is 5.75 Å². The van der Waals surface area contributed by atoms with Gasteiger partial charge < -0.3 is 15.2 Å². The Hall–Kier alpha value is -3.44. The molecule has 178 valence electrons. The topological polar surface area (TPSA) is 75.6 Å². The van der Waals surface area contributed by atoms with Crippen molar-refractivity contribution in [1.82, 2.24) is 5.32 Å². The second kappa shape index (κ2) is 8.06. The Morgan fingerprint density at radius 1 is 1.00 bits per heavy atom. The summed E-state index contributed by atoms with van der Waals surface area (Å²) in [5, 5.41) is 14.2. The van der Waals surface area contributed by atoms with Crippen LogP contribution in [0, 0.1) is 11.3 Å². The molecule has 4 aliphatic rings. The van der Waals surface area contributed by atoms with E-state index in [1.165, 1.54) is 5.56 Å². The van der Waals surface area contributed by atoms with Crippen molar-refractivity contribution >= 4 is 11.8 Å². The first-order valence-electron chi connectivity index (χ1n) is 12.3. The minimum Gasteiger partial charge on any atom is -0.496 e. The lowest BCUT2D eigenvalue weighted by Crippen LogP contribution is -2.62. The molecule has 1 unspecified atom stereocenters. The van der Waals surface area contributed by atoms with Crippen molar-refractivity contribution in [1.29, 1.82) is 0 Å². The Labute approximate surface area is 205 Å². The third-order valence-electron chi connectivity index (χ3n) is 8.89. The molecule has 2 bridgehead atoms. The molecular formula is C30H29NO4. The van der Waals surface area contributed by atoms with Crippen LogP contribution >= 0.6 is 0 Å². The molecule has 7 rings (SSSR count). The van der Waals surface area contributed by atoms with Crippen molar-refractivity contribution in [3.63, 3.8) is 0 Å². The van der Waals surface area contributed by atoms with Crippen LogP contribution in [0.25, 0.3) is 0 Å². The standard InChI is InChI=1S/C30H29NO4/c1-35-25-14-8-5-9-19(25)17-24(32)26-27-29(20-10-3-2-4-11-20)16-15-23(21-12-6-7-13-22(21)29)30(27,18-31-26)28(33)34/h2-14,23,26-27,31H,15-18H2,1H3,(H,33,34)/t23-,26?,27+,29-,30+/m1/s1. The van der Waals surface area contributed by atoms with Gasteiger partial charge in [-0.25, -0.2) is 0 Å². The zero-order valence-corrected chi connectivity index (χ0v) is 19.7. The number of Topliss-reactive ketones (excluding diaryl/α,β-unsaturated/α-hetero) is 1. The zero-order chi connectivity index (χ0) is 24.2. The molecule has 1 heterocycles.